The number of imidazole rings is 1. The minimum Gasteiger partial charge on any atom is -0.365 e. The van der Waals surface area contributed by atoms with Gasteiger partial charge < -0.3 is 4.74 Å². The summed E-state index contributed by atoms with van der Waals surface area (Å²) in [6.45, 7) is 1.87. The largest absolute Gasteiger partial charge is 0.365 e. The van der Waals surface area contributed by atoms with Crippen molar-refractivity contribution in [2.75, 3.05) is 0 Å². The predicted octanol–water partition coefficient (Wildman–Crippen LogP) is 7.98. The first-order chi connectivity index (χ1) is 16.5. The summed E-state index contributed by atoms with van der Waals surface area (Å²) < 4.78 is 10.6. The van der Waals surface area contributed by atoms with Gasteiger partial charge in [-0.2, -0.15) is 0 Å². The Labute approximate surface area is 220 Å². The molecule has 1 atom stereocenters. The van der Waals surface area contributed by atoms with E-state index in [4.69, 9.17) is 51.1 Å². The van der Waals surface area contributed by atoms with Crippen LogP contribution in [0.5, 0.6) is 0 Å². The Balaban J connectivity index is 1.44. The van der Waals surface area contributed by atoms with E-state index in [2.05, 4.69) is 52.1 Å². The second-order valence-corrected chi connectivity index (χ2v) is 9.83. The highest BCUT2D eigenvalue weighted by Gasteiger charge is 2.20. The molecule has 34 heavy (non-hydrogen) atoms. The molecule has 0 N–H and O–H groups in total. The summed E-state index contributed by atoms with van der Waals surface area (Å²) in [5.74, 6) is 0. The van der Waals surface area contributed by atoms with E-state index < -0.39 is 0 Å². The highest BCUT2D eigenvalue weighted by atomic mass is 35.5. The van der Waals surface area contributed by atoms with E-state index in [0.717, 1.165) is 30.5 Å². The molecule has 1 aromatic heterocycles. The Morgan fingerprint density at radius 3 is 2.32 bits per heavy atom. The zero-order chi connectivity index (χ0) is 23.9. The summed E-state index contributed by atoms with van der Waals surface area (Å²) in [5, 5.41) is 2.33. The fourth-order valence-corrected chi connectivity index (χ4v) is 4.81. The molecule has 0 aliphatic carbocycles. The molecular formula is C27H25Cl4N2O+. The summed E-state index contributed by atoms with van der Waals surface area (Å²) in [5.41, 5.74) is 3.10. The van der Waals surface area contributed by atoms with Crippen LogP contribution in [0.15, 0.2) is 85.5 Å². The number of nitrogens with zero attached hydrogens (tertiary/aromatic N) is 2. The van der Waals surface area contributed by atoms with E-state index in [1.165, 1.54) is 5.56 Å². The van der Waals surface area contributed by atoms with Gasteiger partial charge in [0.2, 0.25) is 6.33 Å². The molecule has 0 saturated carbocycles. The van der Waals surface area contributed by atoms with Crippen LogP contribution in [0.2, 0.25) is 20.1 Å². The van der Waals surface area contributed by atoms with Gasteiger partial charge in [-0.25, -0.2) is 9.13 Å². The van der Waals surface area contributed by atoms with Crippen LogP contribution in [0, 0.1) is 0 Å². The smallest absolute Gasteiger partial charge is 0.243 e. The topological polar surface area (TPSA) is 18.0 Å². The second-order valence-electron chi connectivity index (χ2n) is 8.14. The van der Waals surface area contributed by atoms with Crippen LogP contribution >= 0.6 is 46.4 Å². The molecule has 0 amide bonds. The Bertz CT molecular complexity index is 1230. The highest BCUT2D eigenvalue weighted by molar-refractivity contribution is 6.35. The van der Waals surface area contributed by atoms with Crippen molar-refractivity contribution >= 4 is 46.4 Å². The van der Waals surface area contributed by atoms with Crippen molar-refractivity contribution < 1.29 is 9.30 Å². The molecule has 1 heterocycles. The van der Waals surface area contributed by atoms with Gasteiger partial charge in [-0.05, 0) is 48.2 Å². The lowest BCUT2D eigenvalue weighted by molar-refractivity contribution is -0.704. The van der Waals surface area contributed by atoms with Crippen molar-refractivity contribution in [2.45, 2.75) is 38.6 Å². The fraction of sp³-hybridized carbons (Fsp3) is 0.222. The number of hydrogen-bond acceptors (Lipinski definition) is 1. The van der Waals surface area contributed by atoms with Crippen LogP contribution in [0.4, 0.5) is 0 Å². The molecule has 0 aliphatic rings. The average molecular weight is 535 g/mol. The van der Waals surface area contributed by atoms with E-state index in [1.54, 1.807) is 18.2 Å². The lowest BCUT2D eigenvalue weighted by atomic mass is 10.1. The van der Waals surface area contributed by atoms with Gasteiger partial charge in [0.25, 0.3) is 0 Å². The van der Waals surface area contributed by atoms with Gasteiger partial charge in [0.05, 0.1) is 13.2 Å². The molecule has 0 bridgehead atoms. The Kier molecular flexibility index (Phi) is 8.93. The SMILES string of the molecule is Clc1ccc(COC(C[n+]2ccn(CCCc3ccccc3)c2)c2ccc(Cl)cc2Cl)c(Cl)c1. The van der Waals surface area contributed by atoms with Crippen LogP contribution < -0.4 is 4.57 Å². The zero-order valence-electron chi connectivity index (χ0n) is 18.5. The van der Waals surface area contributed by atoms with Crippen molar-refractivity contribution in [1.82, 2.24) is 4.57 Å². The van der Waals surface area contributed by atoms with Crippen molar-refractivity contribution in [3.05, 3.63) is 122 Å². The molecule has 3 aromatic carbocycles. The third-order valence-electron chi connectivity index (χ3n) is 5.61. The van der Waals surface area contributed by atoms with E-state index in [-0.39, 0.29) is 6.10 Å². The van der Waals surface area contributed by atoms with Crippen molar-refractivity contribution in [2.24, 2.45) is 0 Å². The maximum atomic E-state index is 6.53. The first kappa shape index (κ1) is 25.1. The summed E-state index contributed by atoms with van der Waals surface area (Å²) in [4.78, 5) is 0. The molecular weight excluding hydrogens is 510 g/mol. The van der Waals surface area contributed by atoms with Crippen molar-refractivity contribution in [3.63, 3.8) is 0 Å². The standard InChI is InChI=1S/C27H25Cl4N2O/c28-22-9-8-21(25(30)15-22)18-34-27(24-11-10-23(29)16-26(24)31)17-33-14-13-32(19-33)12-4-7-20-5-2-1-3-6-20/h1-3,5-6,8-11,13-16,19,27H,4,7,12,17-18H2/q+1. The normalized spacial score (nSPS) is 12.1. The average Bonchev–Trinajstić information content (AvgIpc) is 3.26. The highest BCUT2D eigenvalue weighted by Crippen LogP contribution is 2.30. The van der Waals surface area contributed by atoms with E-state index in [0.29, 0.717) is 33.2 Å². The Morgan fingerprint density at radius 1 is 0.853 bits per heavy atom. The monoisotopic (exact) mass is 533 g/mol. The van der Waals surface area contributed by atoms with Gasteiger partial charge in [0.1, 0.15) is 25.0 Å². The molecule has 0 spiro atoms. The number of ether oxygens (including phenoxy) is 1. The maximum Gasteiger partial charge on any atom is 0.243 e. The molecule has 4 aromatic rings. The number of aromatic nitrogens is 2. The van der Waals surface area contributed by atoms with Gasteiger partial charge in [0, 0.05) is 25.7 Å². The van der Waals surface area contributed by atoms with E-state index >= 15 is 0 Å². The van der Waals surface area contributed by atoms with Gasteiger partial charge in [-0.3, -0.25) is 0 Å². The molecule has 1 unspecified atom stereocenters. The number of aryl methyl sites for hydroxylation is 2. The van der Waals surface area contributed by atoms with Crippen molar-refractivity contribution in [3.8, 4) is 0 Å². The second kappa shape index (κ2) is 12.1. The number of halogens is 4. The molecule has 0 radical (unpaired) electrons. The summed E-state index contributed by atoms with van der Waals surface area (Å²) in [7, 11) is 0. The maximum absolute atomic E-state index is 6.53. The van der Waals surface area contributed by atoms with Crippen LogP contribution in [-0.2, 0) is 30.9 Å². The first-order valence-corrected chi connectivity index (χ1v) is 12.6. The number of hydrogen-bond donors (Lipinski definition) is 0. The number of benzene rings is 3. The van der Waals surface area contributed by atoms with Crippen LogP contribution in [-0.4, -0.2) is 4.57 Å². The third kappa shape index (κ3) is 7.00. The van der Waals surface area contributed by atoms with E-state index in [9.17, 15) is 0 Å². The molecule has 4 rings (SSSR count). The third-order valence-corrected chi connectivity index (χ3v) is 6.76. The van der Waals surface area contributed by atoms with Gasteiger partial charge in [-0.1, -0.05) is 88.9 Å². The Hall–Kier alpha value is -2.01. The number of rotatable bonds is 10. The summed E-state index contributed by atoms with van der Waals surface area (Å²) in [6.07, 6.45) is 8.06. The summed E-state index contributed by atoms with van der Waals surface area (Å²) in [6, 6.07) is 21.4. The lowest BCUT2D eigenvalue weighted by Gasteiger charge is -2.19. The van der Waals surface area contributed by atoms with E-state index in [1.807, 2.05) is 24.3 Å². The Morgan fingerprint density at radius 2 is 1.59 bits per heavy atom. The van der Waals surface area contributed by atoms with Crippen LogP contribution in [0.3, 0.4) is 0 Å². The van der Waals surface area contributed by atoms with Gasteiger partial charge in [0.15, 0.2) is 0 Å². The zero-order valence-corrected chi connectivity index (χ0v) is 21.5. The quantitative estimate of drug-likeness (QED) is 0.188. The molecule has 7 heteroatoms. The molecule has 3 nitrogen and oxygen atoms in total. The summed E-state index contributed by atoms with van der Waals surface area (Å²) >= 11 is 25.0. The minimum absolute atomic E-state index is 0.290. The fourth-order valence-electron chi connectivity index (χ4n) is 3.81. The minimum atomic E-state index is -0.290. The van der Waals surface area contributed by atoms with Gasteiger partial charge in [-0.15, -0.1) is 0 Å². The predicted molar refractivity (Wildman–Crippen MR) is 140 cm³/mol. The van der Waals surface area contributed by atoms with Gasteiger partial charge >= 0.3 is 0 Å². The van der Waals surface area contributed by atoms with Crippen LogP contribution in [0.25, 0.3) is 0 Å². The van der Waals surface area contributed by atoms with Crippen molar-refractivity contribution in [1.29, 1.82) is 0 Å². The molecule has 0 saturated heterocycles. The van der Waals surface area contributed by atoms with Crippen LogP contribution in [0.1, 0.15) is 29.2 Å². The lowest BCUT2D eigenvalue weighted by Crippen LogP contribution is -2.35. The molecule has 176 valence electrons. The molecule has 0 aliphatic heterocycles. The molecule has 0 fully saturated rings. The first-order valence-electron chi connectivity index (χ1n) is 11.1.